The summed E-state index contributed by atoms with van der Waals surface area (Å²) in [6.45, 7) is 0. The van der Waals surface area contributed by atoms with Crippen molar-refractivity contribution in [2.24, 2.45) is 0 Å². The molecule has 0 saturated carbocycles. The zero-order valence-corrected chi connectivity index (χ0v) is 3.79. The fraction of sp³-hybridized carbons (Fsp3) is 0. The molecular formula is H8N2OPd. The molecular weight excluding hydrogens is 150 g/mol. The van der Waals surface area contributed by atoms with E-state index in [1.807, 2.05) is 0 Å². The average Bonchev–Trinajstić information content (AvgIpc) is 0. The van der Waals surface area contributed by atoms with Crippen LogP contribution in [0.15, 0.2) is 0 Å². The third kappa shape index (κ3) is 20.6. The van der Waals surface area contributed by atoms with Crippen molar-refractivity contribution in [3.8, 4) is 0 Å². The zero-order chi connectivity index (χ0) is 0. The molecule has 0 aliphatic heterocycles. The molecule has 0 bridgehead atoms. The SMILES string of the molecule is N.N.O.[Pd]. The molecule has 0 aromatic heterocycles. The van der Waals surface area contributed by atoms with E-state index in [-0.39, 0.29) is 38.2 Å². The number of hydrogen-bond acceptors (Lipinski definition) is 2. The Morgan fingerprint density at radius 2 is 0.750 bits per heavy atom. The van der Waals surface area contributed by atoms with Gasteiger partial charge in [-0.2, -0.15) is 0 Å². The van der Waals surface area contributed by atoms with Crippen molar-refractivity contribution in [2.45, 2.75) is 0 Å². The van der Waals surface area contributed by atoms with E-state index in [2.05, 4.69) is 0 Å². The fourth-order valence-electron chi connectivity index (χ4n) is 0. The number of hydrogen-bond donors (Lipinski definition) is 2. The summed E-state index contributed by atoms with van der Waals surface area (Å²) in [4.78, 5) is 0. The molecule has 0 unspecified atom stereocenters. The summed E-state index contributed by atoms with van der Waals surface area (Å²) in [5.74, 6) is 0. The van der Waals surface area contributed by atoms with Crippen molar-refractivity contribution in [3.63, 3.8) is 0 Å². The van der Waals surface area contributed by atoms with Gasteiger partial charge in [-0.1, -0.05) is 0 Å². The Labute approximate surface area is 38.9 Å². The molecule has 0 saturated heterocycles. The van der Waals surface area contributed by atoms with Crippen LogP contribution in [0.4, 0.5) is 0 Å². The molecule has 0 atom stereocenters. The first-order valence-corrected chi connectivity index (χ1v) is 0. The Morgan fingerprint density at radius 3 is 0.750 bits per heavy atom. The van der Waals surface area contributed by atoms with Crippen molar-refractivity contribution in [3.05, 3.63) is 0 Å². The summed E-state index contributed by atoms with van der Waals surface area (Å²) in [5, 5.41) is 0. The monoisotopic (exact) mass is 158 g/mol. The summed E-state index contributed by atoms with van der Waals surface area (Å²) < 4.78 is 0. The summed E-state index contributed by atoms with van der Waals surface area (Å²) in [6, 6.07) is 0. The van der Waals surface area contributed by atoms with Crippen LogP contribution < -0.4 is 12.3 Å². The van der Waals surface area contributed by atoms with Crippen LogP contribution in [0.3, 0.4) is 0 Å². The van der Waals surface area contributed by atoms with Gasteiger partial charge in [0.15, 0.2) is 0 Å². The van der Waals surface area contributed by atoms with Gasteiger partial charge in [-0.3, -0.25) is 0 Å². The summed E-state index contributed by atoms with van der Waals surface area (Å²) in [6.07, 6.45) is 0. The second-order valence-electron chi connectivity index (χ2n) is 0. The fourth-order valence-corrected chi connectivity index (χ4v) is 0. The Kier molecular flexibility index (Phi) is 3770. The van der Waals surface area contributed by atoms with Gasteiger partial charge in [-0.05, 0) is 0 Å². The molecule has 0 rings (SSSR count). The van der Waals surface area contributed by atoms with Gasteiger partial charge in [0.05, 0.1) is 0 Å². The third-order valence-corrected chi connectivity index (χ3v) is 0. The maximum absolute atomic E-state index is 0. The van der Waals surface area contributed by atoms with Gasteiger partial charge in [0, 0.05) is 20.4 Å². The van der Waals surface area contributed by atoms with E-state index in [1.54, 1.807) is 0 Å². The van der Waals surface area contributed by atoms with E-state index in [9.17, 15) is 0 Å². The standard InChI is InChI=1S/2H3N.H2O.Pd/h2*1H3;1H2;. The van der Waals surface area contributed by atoms with Crippen LogP contribution in [-0.2, 0) is 20.4 Å². The molecule has 4 heteroatoms. The average molecular weight is 158 g/mol. The molecule has 34 valence electrons. The van der Waals surface area contributed by atoms with Gasteiger partial charge in [-0.25, -0.2) is 0 Å². The second-order valence-corrected chi connectivity index (χ2v) is 0. The van der Waals surface area contributed by atoms with E-state index in [0.717, 1.165) is 0 Å². The Hall–Kier alpha value is 0.542. The van der Waals surface area contributed by atoms with Crippen LogP contribution in [-0.4, -0.2) is 5.48 Å². The van der Waals surface area contributed by atoms with Gasteiger partial charge >= 0.3 is 0 Å². The quantitative estimate of drug-likeness (QED) is 0.464. The van der Waals surface area contributed by atoms with Crippen LogP contribution >= 0.6 is 0 Å². The van der Waals surface area contributed by atoms with Crippen LogP contribution in [0.5, 0.6) is 0 Å². The topological polar surface area (TPSA) is 102 Å². The minimum Gasteiger partial charge on any atom is -0.412 e. The van der Waals surface area contributed by atoms with Crippen molar-refractivity contribution in [2.75, 3.05) is 0 Å². The van der Waals surface area contributed by atoms with Gasteiger partial charge in [0.1, 0.15) is 0 Å². The predicted molar refractivity (Wildman–Crippen MR) is 13.7 cm³/mol. The largest absolute Gasteiger partial charge is 0.412 e. The van der Waals surface area contributed by atoms with Crippen LogP contribution in [0.2, 0.25) is 0 Å². The third-order valence-electron chi connectivity index (χ3n) is 0. The molecule has 4 heavy (non-hydrogen) atoms. The molecule has 0 radical (unpaired) electrons. The van der Waals surface area contributed by atoms with E-state index < -0.39 is 0 Å². The van der Waals surface area contributed by atoms with Gasteiger partial charge < -0.3 is 17.8 Å². The molecule has 8 N–H and O–H groups in total. The Balaban J connectivity index is 0. The van der Waals surface area contributed by atoms with Crippen molar-refractivity contribution in [1.82, 2.24) is 12.3 Å². The normalized spacial score (nSPS) is 0. The molecule has 0 aromatic rings. The maximum atomic E-state index is 0. The Morgan fingerprint density at radius 1 is 0.750 bits per heavy atom. The first kappa shape index (κ1) is 194. The van der Waals surface area contributed by atoms with Gasteiger partial charge in [-0.15, -0.1) is 0 Å². The van der Waals surface area contributed by atoms with Gasteiger partial charge in [0.2, 0.25) is 0 Å². The van der Waals surface area contributed by atoms with Gasteiger partial charge in [0.25, 0.3) is 0 Å². The first-order valence-electron chi connectivity index (χ1n) is 0. The smallest absolute Gasteiger partial charge is 0 e. The molecule has 0 aliphatic carbocycles. The van der Waals surface area contributed by atoms with E-state index in [4.69, 9.17) is 0 Å². The maximum Gasteiger partial charge on any atom is 0 e. The molecule has 0 aromatic carbocycles. The summed E-state index contributed by atoms with van der Waals surface area (Å²) in [7, 11) is 0. The van der Waals surface area contributed by atoms with Crippen molar-refractivity contribution >= 4 is 0 Å². The minimum absolute atomic E-state index is 0. The Bertz CT molecular complexity index is 6.00. The molecule has 0 aliphatic rings. The van der Waals surface area contributed by atoms with Crippen LogP contribution in [0, 0.1) is 0 Å². The first-order chi connectivity index (χ1) is 0. The molecule has 3 nitrogen and oxygen atoms in total. The van der Waals surface area contributed by atoms with Crippen molar-refractivity contribution in [1.29, 1.82) is 0 Å². The van der Waals surface area contributed by atoms with Crippen molar-refractivity contribution < 1.29 is 25.9 Å². The summed E-state index contributed by atoms with van der Waals surface area (Å²) >= 11 is 0. The van der Waals surface area contributed by atoms with E-state index >= 15 is 0 Å². The second kappa shape index (κ2) is 77.8. The molecule has 0 heterocycles. The molecule has 0 amide bonds. The minimum atomic E-state index is 0. The molecule has 0 spiro atoms. The van der Waals surface area contributed by atoms with E-state index in [0.29, 0.717) is 0 Å². The van der Waals surface area contributed by atoms with E-state index in [1.165, 1.54) is 0 Å². The predicted octanol–water partition coefficient (Wildman–Crippen LogP) is -0.503. The summed E-state index contributed by atoms with van der Waals surface area (Å²) in [5.41, 5.74) is 0. The van der Waals surface area contributed by atoms with Crippen LogP contribution in [0.25, 0.3) is 0 Å². The van der Waals surface area contributed by atoms with Crippen LogP contribution in [0.1, 0.15) is 0 Å². The molecule has 0 fully saturated rings. The zero-order valence-electron chi connectivity index (χ0n) is 2.23. The number of rotatable bonds is 0.